The first kappa shape index (κ1) is 16.4. The number of benzene rings is 2. The Morgan fingerprint density at radius 3 is 1.82 bits per heavy atom. The Morgan fingerprint density at radius 2 is 1.29 bits per heavy atom. The van der Waals surface area contributed by atoms with E-state index in [-0.39, 0.29) is 35.5 Å². The van der Waals surface area contributed by atoms with Gasteiger partial charge >= 0.3 is 0 Å². The molecule has 4 aliphatic carbocycles. The average Bonchev–Trinajstić information content (AvgIpc) is 3.49. The minimum Gasteiger partial charge on any atom is -0.457 e. The Labute approximate surface area is 167 Å². The fraction of sp³-hybridized carbons (Fsp3) is 0.304. The van der Waals surface area contributed by atoms with Crippen molar-refractivity contribution >= 4 is 29.1 Å². The summed E-state index contributed by atoms with van der Waals surface area (Å²) in [7, 11) is 0. The van der Waals surface area contributed by atoms with Gasteiger partial charge in [-0.15, -0.1) is 0 Å². The average molecular weight is 392 g/mol. The zero-order valence-corrected chi connectivity index (χ0v) is 15.8. The zero-order valence-electron chi connectivity index (χ0n) is 15.0. The van der Waals surface area contributed by atoms with Crippen LogP contribution in [0.1, 0.15) is 6.42 Å². The minimum atomic E-state index is -0.170. The number of imide groups is 1. The predicted octanol–water partition coefficient (Wildman–Crippen LogP) is 4.69. The summed E-state index contributed by atoms with van der Waals surface area (Å²) in [4.78, 5) is 27.7. The van der Waals surface area contributed by atoms with Crippen LogP contribution in [0.15, 0.2) is 60.7 Å². The summed E-state index contributed by atoms with van der Waals surface area (Å²) < 4.78 is 5.81. The van der Waals surface area contributed by atoms with Crippen LogP contribution in [0.4, 0.5) is 5.69 Å². The Morgan fingerprint density at radius 1 is 0.786 bits per heavy atom. The first-order valence-electron chi connectivity index (χ1n) is 9.71. The summed E-state index contributed by atoms with van der Waals surface area (Å²) in [6, 6.07) is 14.3. The molecule has 3 fully saturated rings. The van der Waals surface area contributed by atoms with Crippen molar-refractivity contribution in [1.82, 2.24) is 0 Å². The third-order valence-electron chi connectivity index (χ3n) is 6.81. The molecule has 2 bridgehead atoms. The fourth-order valence-corrected chi connectivity index (χ4v) is 5.64. The Hall–Kier alpha value is -2.59. The number of nitrogens with zero attached hydrogens (tertiary/aromatic N) is 1. The molecule has 28 heavy (non-hydrogen) atoms. The fourth-order valence-electron chi connectivity index (χ4n) is 5.51. The van der Waals surface area contributed by atoms with Gasteiger partial charge in [0.15, 0.2) is 0 Å². The van der Waals surface area contributed by atoms with Gasteiger partial charge in [0.2, 0.25) is 11.8 Å². The van der Waals surface area contributed by atoms with Crippen molar-refractivity contribution in [3.05, 3.63) is 65.7 Å². The van der Waals surface area contributed by atoms with E-state index in [4.69, 9.17) is 16.3 Å². The van der Waals surface area contributed by atoms with Crippen LogP contribution >= 0.6 is 11.6 Å². The molecule has 0 radical (unpaired) electrons. The molecule has 0 spiro atoms. The van der Waals surface area contributed by atoms with Gasteiger partial charge in [-0.3, -0.25) is 14.5 Å². The summed E-state index contributed by atoms with van der Waals surface area (Å²) in [6.45, 7) is 0. The van der Waals surface area contributed by atoms with Gasteiger partial charge < -0.3 is 4.74 Å². The molecule has 2 saturated carbocycles. The van der Waals surface area contributed by atoms with Gasteiger partial charge in [0.25, 0.3) is 0 Å². The van der Waals surface area contributed by atoms with Gasteiger partial charge in [0, 0.05) is 5.02 Å². The number of rotatable bonds is 3. The van der Waals surface area contributed by atoms with E-state index in [1.807, 2.05) is 0 Å². The van der Waals surface area contributed by atoms with Crippen LogP contribution in [0.2, 0.25) is 5.02 Å². The summed E-state index contributed by atoms with van der Waals surface area (Å²) in [5.74, 6) is 2.63. The zero-order chi connectivity index (χ0) is 19.0. The van der Waals surface area contributed by atoms with Gasteiger partial charge in [-0.1, -0.05) is 23.8 Å². The normalized spacial score (nSPS) is 34.4. The largest absolute Gasteiger partial charge is 0.457 e. The van der Waals surface area contributed by atoms with Crippen LogP contribution in [0.3, 0.4) is 0 Å². The Bertz CT molecular complexity index is 977. The van der Waals surface area contributed by atoms with Gasteiger partial charge in [0.1, 0.15) is 11.5 Å². The number of hydrogen-bond donors (Lipinski definition) is 0. The molecule has 0 unspecified atom stereocenters. The summed E-state index contributed by atoms with van der Waals surface area (Å²) in [5.41, 5.74) is 0.626. The molecule has 5 heteroatoms. The van der Waals surface area contributed by atoms with Crippen LogP contribution in [0, 0.1) is 35.5 Å². The third-order valence-corrected chi connectivity index (χ3v) is 7.06. The van der Waals surface area contributed by atoms with Gasteiger partial charge in [-0.2, -0.15) is 0 Å². The molecule has 4 nitrogen and oxygen atoms in total. The van der Waals surface area contributed by atoms with Crippen molar-refractivity contribution in [3.63, 3.8) is 0 Å². The lowest BCUT2D eigenvalue weighted by Gasteiger charge is -2.37. The lowest BCUT2D eigenvalue weighted by atomic mass is 9.63. The highest BCUT2D eigenvalue weighted by atomic mass is 35.5. The highest BCUT2D eigenvalue weighted by Crippen LogP contribution is 2.65. The number of anilines is 1. The number of ether oxygens (including phenoxy) is 1. The second kappa shape index (κ2) is 5.71. The maximum absolute atomic E-state index is 13.1. The number of hydrogen-bond acceptors (Lipinski definition) is 3. The molecule has 7 rings (SSSR count). The van der Waals surface area contributed by atoms with E-state index < -0.39 is 0 Å². The maximum atomic E-state index is 13.1. The molecular weight excluding hydrogens is 374 g/mol. The number of amides is 2. The van der Waals surface area contributed by atoms with Crippen LogP contribution in [0.5, 0.6) is 11.5 Å². The topological polar surface area (TPSA) is 46.6 Å². The molecule has 140 valence electrons. The lowest BCUT2D eigenvalue weighted by molar-refractivity contribution is -0.124. The second-order valence-corrected chi connectivity index (χ2v) is 8.65. The highest BCUT2D eigenvalue weighted by Gasteiger charge is 2.67. The van der Waals surface area contributed by atoms with Crippen LogP contribution in [-0.2, 0) is 9.59 Å². The molecule has 2 amide bonds. The van der Waals surface area contributed by atoms with E-state index in [1.165, 1.54) is 11.3 Å². The molecular formula is C23H18ClNO3. The second-order valence-electron chi connectivity index (χ2n) is 8.22. The van der Waals surface area contributed by atoms with Crippen molar-refractivity contribution < 1.29 is 14.3 Å². The summed E-state index contributed by atoms with van der Waals surface area (Å²) in [6.07, 6.45) is 5.56. The number of allylic oxidation sites excluding steroid dienone is 2. The molecule has 0 N–H and O–H groups in total. The maximum Gasteiger partial charge on any atom is 0.238 e. The number of carbonyl (C=O) groups is 2. The summed E-state index contributed by atoms with van der Waals surface area (Å²) in [5, 5.41) is 0.649. The van der Waals surface area contributed by atoms with Crippen LogP contribution in [0.25, 0.3) is 0 Å². The van der Waals surface area contributed by atoms with E-state index in [9.17, 15) is 9.59 Å². The number of halogens is 1. The lowest BCUT2D eigenvalue weighted by Crippen LogP contribution is -2.40. The molecule has 2 aromatic rings. The van der Waals surface area contributed by atoms with Crippen LogP contribution < -0.4 is 9.64 Å². The quantitative estimate of drug-likeness (QED) is 0.563. The molecule has 2 aromatic carbocycles. The Kier molecular flexibility index (Phi) is 3.34. The molecule has 5 aliphatic rings. The van der Waals surface area contributed by atoms with Crippen molar-refractivity contribution in [3.8, 4) is 11.5 Å². The van der Waals surface area contributed by atoms with Gasteiger partial charge in [-0.25, -0.2) is 0 Å². The van der Waals surface area contributed by atoms with Gasteiger partial charge in [0.05, 0.1) is 17.5 Å². The van der Waals surface area contributed by atoms with Crippen molar-refractivity contribution in [2.75, 3.05) is 4.90 Å². The molecule has 6 atom stereocenters. The minimum absolute atomic E-state index is 0.0360. The summed E-state index contributed by atoms with van der Waals surface area (Å²) >= 11 is 5.89. The van der Waals surface area contributed by atoms with Gasteiger partial charge in [-0.05, 0) is 78.6 Å². The molecule has 1 aliphatic heterocycles. The Balaban J connectivity index is 1.26. The van der Waals surface area contributed by atoms with Crippen molar-refractivity contribution in [2.45, 2.75) is 6.42 Å². The molecule has 1 saturated heterocycles. The van der Waals surface area contributed by atoms with Crippen LogP contribution in [-0.4, -0.2) is 11.8 Å². The predicted molar refractivity (Wildman–Crippen MR) is 105 cm³/mol. The van der Waals surface area contributed by atoms with E-state index in [0.717, 1.165) is 0 Å². The monoisotopic (exact) mass is 391 g/mol. The smallest absolute Gasteiger partial charge is 0.238 e. The van der Waals surface area contributed by atoms with E-state index >= 15 is 0 Å². The van der Waals surface area contributed by atoms with E-state index in [1.54, 1.807) is 48.5 Å². The van der Waals surface area contributed by atoms with E-state index in [2.05, 4.69) is 12.2 Å². The molecule has 0 aromatic heterocycles. The number of carbonyl (C=O) groups excluding carboxylic acids is 2. The SMILES string of the molecule is O=C1[C@@H]2[C@@H]3C=C[C@H]([C@H]4C[C@H]34)[C@@H]2C(=O)N1c1ccc(Oc2ccc(Cl)cc2)cc1. The molecule has 1 heterocycles. The highest BCUT2D eigenvalue weighted by molar-refractivity contribution is 6.30. The first-order valence-corrected chi connectivity index (χ1v) is 10.1. The first-order chi connectivity index (χ1) is 13.6. The van der Waals surface area contributed by atoms with E-state index in [0.29, 0.717) is 34.0 Å². The van der Waals surface area contributed by atoms with Crippen molar-refractivity contribution in [1.29, 1.82) is 0 Å². The van der Waals surface area contributed by atoms with Crippen molar-refractivity contribution in [2.24, 2.45) is 35.5 Å². The standard InChI is InChI=1S/C23H18ClNO3/c24-12-1-5-14(6-2-12)28-15-7-3-13(4-8-15)25-22(26)20-16-9-10-17(19-11-18(16)19)21(20)23(25)27/h1-10,16-21H,11H2/t16-,17-,18-,19-,20-,21+/m1/s1. The third kappa shape index (κ3) is 2.24.